The van der Waals surface area contributed by atoms with E-state index in [2.05, 4.69) is 22.4 Å². The van der Waals surface area contributed by atoms with Crippen LogP contribution in [0, 0.1) is 12.8 Å². The number of methoxy groups -OCH3 is 1. The number of carbonyl (C=O) groups excluding carboxylic acids is 2. The van der Waals surface area contributed by atoms with Crippen LogP contribution in [0.4, 0.5) is 5.00 Å². The zero-order valence-electron chi connectivity index (χ0n) is 19.3. The van der Waals surface area contributed by atoms with Crippen molar-refractivity contribution in [1.29, 1.82) is 0 Å². The molecule has 1 unspecified atom stereocenters. The summed E-state index contributed by atoms with van der Waals surface area (Å²) in [6, 6.07) is 8.15. The van der Waals surface area contributed by atoms with E-state index in [4.69, 9.17) is 4.74 Å². The SMILES string of the molecule is CCn1c(SCC(=O)Nc2sc3c(c2C(=O)OC)CCC(C)C3)nnc1-c1ccc(C)cc1. The summed E-state index contributed by atoms with van der Waals surface area (Å²) in [4.78, 5) is 26.4. The minimum atomic E-state index is -0.390. The Morgan fingerprint density at radius 1 is 1.27 bits per heavy atom. The lowest BCUT2D eigenvalue weighted by Crippen LogP contribution is -2.17. The van der Waals surface area contributed by atoms with Gasteiger partial charge in [0.15, 0.2) is 11.0 Å². The number of thioether (sulfide) groups is 1. The first-order valence-corrected chi connectivity index (χ1v) is 12.9. The van der Waals surface area contributed by atoms with E-state index in [0.29, 0.717) is 28.2 Å². The van der Waals surface area contributed by atoms with Crippen molar-refractivity contribution in [2.75, 3.05) is 18.2 Å². The quantitative estimate of drug-likeness (QED) is 0.376. The number of esters is 1. The van der Waals surface area contributed by atoms with Gasteiger partial charge in [-0.3, -0.25) is 4.79 Å². The predicted molar refractivity (Wildman–Crippen MR) is 132 cm³/mol. The van der Waals surface area contributed by atoms with Crippen LogP contribution in [0.3, 0.4) is 0 Å². The zero-order chi connectivity index (χ0) is 23.5. The molecular weight excluding hydrogens is 456 g/mol. The van der Waals surface area contributed by atoms with Gasteiger partial charge in [0.2, 0.25) is 5.91 Å². The van der Waals surface area contributed by atoms with Gasteiger partial charge < -0.3 is 14.6 Å². The number of rotatable bonds is 7. The number of ether oxygens (including phenoxy) is 1. The normalized spacial score (nSPS) is 15.2. The molecule has 0 bridgehead atoms. The van der Waals surface area contributed by atoms with Gasteiger partial charge in [0.25, 0.3) is 0 Å². The van der Waals surface area contributed by atoms with Crippen LogP contribution in [0.15, 0.2) is 29.4 Å². The molecule has 4 rings (SSSR count). The van der Waals surface area contributed by atoms with Crippen molar-refractivity contribution in [3.63, 3.8) is 0 Å². The Bertz CT molecular complexity index is 1170. The molecule has 33 heavy (non-hydrogen) atoms. The summed E-state index contributed by atoms with van der Waals surface area (Å²) >= 11 is 2.83. The maximum absolute atomic E-state index is 12.8. The molecule has 0 spiro atoms. The van der Waals surface area contributed by atoms with E-state index >= 15 is 0 Å². The Morgan fingerprint density at radius 2 is 2.03 bits per heavy atom. The fourth-order valence-corrected chi connectivity index (χ4v) is 6.26. The standard InChI is InChI=1S/C24H28N4O3S2/c1-5-28-21(16-9-6-14(2)7-10-16)26-27-24(28)32-13-19(29)25-22-20(23(30)31-4)17-11-8-15(3)12-18(17)33-22/h6-7,9-10,15H,5,8,11-13H2,1-4H3,(H,25,29). The van der Waals surface area contributed by atoms with Gasteiger partial charge >= 0.3 is 5.97 Å². The van der Waals surface area contributed by atoms with Gasteiger partial charge in [0.1, 0.15) is 5.00 Å². The molecule has 0 radical (unpaired) electrons. The minimum Gasteiger partial charge on any atom is -0.465 e. The Morgan fingerprint density at radius 3 is 2.73 bits per heavy atom. The van der Waals surface area contributed by atoms with Crippen LogP contribution in [0.25, 0.3) is 11.4 Å². The van der Waals surface area contributed by atoms with Gasteiger partial charge in [-0.2, -0.15) is 0 Å². The molecule has 2 aromatic heterocycles. The third kappa shape index (κ3) is 4.99. The topological polar surface area (TPSA) is 86.1 Å². The van der Waals surface area contributed by atoms with Gasteiger partial charge in [-0.25, -0.2) is 4.79 Å². The molecule has 1 atom stereocenters. The lowest BCUT2D eigenvalue weighted by atomic mass is 9.88. The number of hydrogen-bond acceptors (Lipinski definition) is 7. The summed E-state index contributed by atoms with van der Waals surface area (Å²) < 4.78 is 7.02. The number of amides is 1. The van der Waals surface area contributed by atoms with Gasteiger partial charge in [0, 0.05) is 17.0 Å². The molecule has 0 saturated heterocycles. The second-order valence-electron chi connectivity index (χ2n) is 8.30. The molecule has 1 N–H and O–H groups in total. The summed E-state index contributed by atoms with van der Waals surface area (Å²) in [5.41, 5.74) is 3.72. The summed E-state index contributed by atoms with van der Waals surface area (Å²) in [7, 11) is 1.38. The van der Waals surface area contributed by atoms with E-state index in [0.717, 1.165) is 36.2 Å². The molecule has 1 aliphatic carbocycles. The molecule has 0 fully saturated rings. The van der Waals surface area contributed by atoms with Crippen molar-refractivity contribution in [1.82, 2.24) is 14.8 Å². The number of aromatic nitrogens is 3. The largest absolute Gasteiger partial charge is 0.465 e. The predicted octanol–water partition coefficient (Wildman–Crippen LogP) is 4.98. The second-order valence-corrected chi connectivity index (χ2v) is 10.3. The van der Waals surface area contributed by atoms with Crippen molar-refractivity contribution >= 4 is 40.0 Å². The summed E-state index contributed by atoms with van der Waals surface area (Å²) in [6.45, 7) is 6.99. The average molecular weight is 485 g/mol. The number of carbonyl (C=O) groups is 2. The lowest BCUT2D eigenvalue weighted by molar-refractivity contribution is -0.113. The van der Waals surface area contributed by atoms with E-state index < -0.39 is 5.97 Å². The monoisotopic (exact) mass is 484 g/mol. The molecule has 2 heterocycles. The number of hydrogen-bond donors (Lipinski definition) is 1. The molecule has 0 saturated carbocycles. The summed E-state index contributed by atoms with van der Waals surface area (Å²) in [6.07, 6.45) is 2.80. The fourth-order valence-electron chi connectivity index (χ4n) is 4.05. The number of aryl methyl sites for hydroxylation is 1. The highest BCUT2D eigenvalue weighted by Crippen LogP contribution is 2.40. The van der Waals surface area contributed by atoms with Crippen LogP contribution >= 0.6 is 23.1 Å². The number of benzene rings is 1. The van der Waals surface area contributed by atoms with E-state index in [9.17, 15) is 9.59 Å². The molecule has 3 aromatic rings. The van der Waals surface area contributed by atoms with E-state index in [1.807, 2.05) is 42.7 Å². The smallest absolute Gasteiger partial charge is 0.341 e. The Labute approximate surface area is 201 Å². The average Bonchev–Trinajstić information content (AvgIpc) is 3.37. The third-order valence-corrected chi connectivity index (χ3v) is 7.97. The first kappa shape index (κ1) is 23.5. The number of anilines is 1. The second kappa shape index (κ2) is 10.1. The van der Waals surface area contributed by atoms with Crippen molar-refractivity contribution < 1.29 is 14.3 Å². The zero-order valence-corrected chi connectivity index (χ0v) is 20.9. The maximum atomic E-state index is 12.8. The lowest BCUT2D eigenvalue weighted by Gasteiger charge is -2.18. The van der Waals surface area contributed by atoms with Crippen LogP contribution in [-0.2, 0) is 28.9 Å². The molecular formula is C24H28N4O3S2. The van der Waals surface area contributed by atoms with E-state index in [1.54, 1.807) is 0 Å². The van der Waals surface area contributed by atoms with E-state index in [-0.39, 0.29) is 11.7 Å². The molecule has 1 amide bonds. The van der Waals surface area contributed by atoms with Crippen LogP contribution in [0.1, 0.15) is 46.6 Å². The van der Waals surface area contributed by atoms with Gasteiger partial charge in [0.05, 0.1) is 18.4 Å². The molecule has 174 valence electrons. The van der Waals surface area contributed by atoms with E-state index in [1.165, 1.54) is 40.6 Å². The van der Waals surface area contributed by atoms with Crippen molar-refractivity contribution in [2.24, 2.45) is 5.92 Å². The van der Waals surface area contributed by atoms with Crippen LogP contribution in [0.2, 0.25) is 0 Å². The van der Waals surface area contributed by atoms with Crippen LogP contribution in [0.5, 0.6) is 0 Å². The summed E-state index contributed by atoms with van der Waals surface area (Å²) in [5, 5.41) is 12.9. The first-order valence-electron chi connectivity index (χ1n) is 11.1. The van der Waals surface area contributed by atoms with Crippen LogP contribution < -0.4 is 5.32 Å². The maximum Gasteiger partial charge on any atom is 0.341 e. The molecule has 9 heteroatoms. The van der Waals surface area contributed by atoms with Crippen molar-refractivity contribution in [3.8, 4) is 11.4 Å². The highest BCUT2D eigenvalue weighted by atomic mass is 32.2. The minimum absolute atomic E-state index is 0.172. The molecule has 1 aliphatic rings. The summed E-state index contributed by atoms with van der Waals surface area (Å²) in [5.74, 6) is 0.959. The highest BCUT2D eigenvalue weighted by molar-refractivity contribution is 7.99. The number of nitrogens with one attached hydrogen (secondary N) is 1. The van der Waals surface area contributed by atoms with Gasteiger partial charge in [-0.15, -0.1) is 21.5 Å². The molecule has 1 aromatic carbocycles. The Hall–Kier alpha value is -2.65. The Kier molecular flexibility index (Phi) is 7.19. The van der Waals surface area contributed by atoms with Crippen molar-refractivity contribution in [3.05, 3.63) is 45.8 Å². The highest BCUT2D eigenvalue weighted by Gasteiger charge is 2.29. The molecule has 7 nitrogen and oxygen atoms in total. The first-order chi connectivity index (χ1) is 15.9. The van der Waals surface area contributed by atoms with Gasteiger partial charge in [-0.05, 0) is 44.6 Å². The van der Waals surface area contributed by atoms with Crippen LogP contribution in [-0.4, -0.2) is 39.5 Å². The molecule has 0 aliphatic heterocycles. The number of thiophene rings is 1. The fraction of sp³-hybridized carbons (Fsp3) is 0.417. The van der Waals surface area contributed by atoms with Gasteiger partial charge in [-0.1, -0.05) is 48.5 Å². The third-order valence-electron chi connectivity index (χ3n) is 5.83. The number of nitrogens with zero attached hydrogens (tertiary/aromatic N) is 3. The number of fused-ring (bicyclic) bond motifs is 1. The Balaban J connectivity index is 1.48. The van der Waals surface area contributed by atoms with Crippen molar-refractivity contribution in [2.45, 2.75) is 51.7 Å².